The van der Waals surface area contributed by atoms with Crippen molar-refractivity contribution < 1.29 is 21.6 Å². The summed E-state index contributed by atoms with van der Waals surface area (Å²) in [5.74, 6) is 0. The second kappa shape index (κ2) is 5.57. The van der Waals surface area contributed by atoms with Crippen LogP contribution in [0.25, 0.3) is 0 Å². The van der Waals surface area contributed by atoms with Gasteiger partial charge in [0.1, 0.15) is 0 Å². The van der Waals surface area contributed by atoms with Crippen molar-refractivity contribution in [2.45, 2.75) is 19.0 Å². The van der Waals surface area contributed by atoms with Crippen LogP contribution in [0.15, 0.2) is 24.3 Å². The average Bonchev–Trinajstić information content (AvgIpc) is 2.24. The average molecular weight is 282 g/mol. The van der Waals surface area contributed by atoms with Crippen LogP contribution >= 0.6 is 0 Å². The molecule has 8 heteroatoms. The van der Waals surface area contributed by atoms with E-state index in [1.165, 1.54) is 22.9 Å². The van der Waals surface area contributed by atoms with Gasteiger partial charge in [-0.3, -0.25) is 4.72 Å². The molecular weight excluding hydrogens is 269 g/mol. The van der Waals surface area contributed by atoms with Crippen LogP contribution in [0.2, 0.25) is 0 Å². The SMILES string of the molecule is CCNCc1cccc(NS(=O)(=O)C(F)(F)F)c1. The third-order valence-electron chi connectivity index (χ3n) is 2.06. The summed E-state index contributed by atoms with van der Waals surface area (Å²) in [6.07, 6.45) is 0. The van der Waals surface area contributed by atoms with Crippen LogP contribution in [0.1, 0.15) is 12.5 Å². The molecule has 0 aromatic heterocycles. The van der Waals surface area contributed by atoms with E-state index >= 15 is 0 Å². The molecule has 0 aliphatic carbocycles. The molecule has 0 fully saturated rings. The number of alkyl halides is 3. The van der Waals surface area contributed by atoms with Crippen LogP contribution in [0.5, 0.6) is 0 Å². The summed E-state index contributed by atoms with van der Waals surface area (Å²) in [6.45, 7) is 3.05. The van der Waals surface area contributed by atoms with E-state index in [0.29, 0.717) is 18.7 Å². The highest BCUT2D eigenvalue weighted by molar-refractivity contribution is 7.93. The summed E-state index contributed by atoms with van der Waals surface area (Å²) >= 11 is 0. The zero-order chi connectivity index (χ0) is 13.8. The lowest BCUT2D eigenvalue weighted by molar-refractivity contribution is -0.0429. The Bertz CT molecular complexity index is 500. The van der Waals surface area contributed by atoms with Crippen molar-refractivity contribution in [3.05, 3.63) is 29.8 Å². The molecule has 0 spiro atoms. The maximum atomic E-state index is 12.2. The smallest absolute Gasteiger partial charge is 0.313 e. The van der Waals surface area contributed by atoms with Gasteiger partial charge in [0, 0.05) is 12.2 Å². The lowest BCUT2D eigenvalue weighted by Crippen LogP contribution is -2.29. The minimum atomic E-state index is -5.36. The molecule has 1 rings (SSSR count). The second-order valence-electron chi connectivity index (χ2n) is 3.53. The Hall–Kier alpha value is -1.28. The van der Waals surface area contributed by atoms with Gasteiger partial charge < -0.3 is 5.32 Å². The van der Waals surface area contributed by atoms with E-state index in [1.54, 1.807) is 6.07 Å². The molecule has 1 aromatic carbocycles. The largest absolute Gasteiger partial charge is 0.516 e. The molecule has 0 unspecified atom stereocenters. The molecule has 102 valence electrons. The van der Waals surface area contributed by atoms with Gasteiger partial charge in [0.15, 0.2) is 0 Å². The van der Waals surface area contributed by atoms with E-state index in [4.69, 9.17) is 0 Å². The number of nitrogens with one attached hydrogen (secondary N) is 2. The molecule has 0 saturated carbocycles. The molecule has 18 heavy (non-hydrogen) atoms. The van der Waals surface area contributed by atoms with Crippen LogP contribution in [-0.2, 0) is 16.6 Å². The monoisotopic (exact) mass is 282 g/mol. The minimum Gasteiger partial charge on any atom is -0.313 e. The summed E-state index contributed by atoms with van der Waals surface area (Å²) in [5, 5.41) is 2.99. The van der Waals surface area contributed by atoms with Crippen molar-refractivity contribution in [1.82, 2.24) is 5.32 Å². The zero-order valence-electron chi connectivity index (χ0n) is 9.58. The first kappa shape index (κ1) is 14.8. The molecule has 0 aliphatic rings. The number of anilines is 1. The van der Waals surface area contributed by atoms with Gasteiger partial charge >= 0.3 is 15.5 Å². The Balaban J connectivity index is 2.86. The molecule has 2 N–H and O–H groups in total. The van der Waals surface area contributed by atoms with E-state index in [1.807, 2.05) is 6.92 Å². The van der Waals surface area contributed by atoms with Crippen molar-refractivity contribution in [2.24, 2.45) is 0 Å². The van der Waals surface area contributed by atoms with Crippen LogP contribution in [0, 0.1) is 0 Å². The summed E-state index contributed by atoms with van der Waals surface area (Å²) in [7, 11) is -5.36. The second-order valence-corrected chi connectivity index (χ2v) is 5.21. The minimum absolute atomic E-state index is 0.109. The van der Waals surface area contributed by atoms with Gasteiger partial charge in [-0.15, -0.1) is 0 Å². The molecule has 1 aromatic rings. The standard InChI is InChI=1S/C10H13F3N2O2S/c1-2-14-7-8-4-3-5-9(6-8)15-18(16,17)10(11,12)13/h3-6,14-15H,2,7H2,1H3. The normalized spacial score (nSPS) is 12.4. The molecule has 0 amide bonds. The zero-order valence-corrected chi connectivity index (χ0v) is 10.4. The van der Waals surface area contributed by atoms with E-state index in [-0.39, 0.29) is 5.69 Å². The number of sulfonamides is 1. The Morgan fingerprint density at radius 1 is 1.28 bits per heavy atom. The first-order valence-electron chi connectivity index (χ1n) is 5.15. The van der Waals surface area contributed by atoms with Gasteiger partial charge in [-0.25, -0.2) is 0 Å². The number of benzene rings is 1. The number of rotatable bonds is 5. The van der Waals surface area contributed by atoms with Crippen LogP contribution in [0.3, 0.4) is 0 Å². The fourth-order valence-electron chi connectivity index (χ4n) is 1.23. The van der Waals surface area contributed by atoms with Gasteiger partial charge in [-0.05, 0) is 24.2 Å². The molecule has 0 atom stereocenters. The van der Waals surface area contributed by atoms with Crippen molar-refractivity contribution in [2.75, 3.05) is 11.3 Å². The summed E-state index contributed by atoms with van der Waals surface area (Å²) < 4.78 is 59.8. The Morgan fingerprint density at radius 2 is 1.94 bits per heavy atom. The number of hydrogen-bond acceptors (Lipinski definition) is 3. The molecule has 0 bridgehead atoms. The van der Waals surface area contributed by atoms with Gasteiger partial charge in [0.05, 0.1) is 0 Å². The topological polar surface area (TPSA) is 58.2 Å². The van der Waals surface area contributed by atoms with Gasteiger partial charge in [0.2, 0.25) is 0 Å². The molecule has 0 aliphatic heterocycles. The van der Waals surface area contributed by atoms with Crippen LogP contribution in [0.4, 0.5) is 18.9 Å². The van der Waals surface area contributed by atoms with Crippen LogP contribution < -0.4 is 10.0 Å². The van der Waals surface area contributed by atoms with Gasteiger partial charge in [-0.2, -0.15) is 21.6 Å². The van der Waals surface area contributed by atoms with Crippen molar-refractivity contribution >= 4 is 15.7 Å². The van der Waals surface area contributed by atoms with E-state index in [0.717, 1.165) is 0 Å². The summed E-state index contributed by atoms with van der Waals surface area (Å²) in [4.78, 5) is 0. The van der Waals surface area contributed by atoms with Crippen LogP contribution in [-0.4, -0.2) is 20.5 Å². The maximum Gasteiger partial charge on any atom is 0.516 e. The predicted molar refractivity (Wildman–Crippen MR) is 62.4 cm³/mol. The molecule has 4 nitrogen and oxygen atoms in total. The van der Waals surface area contributed by atoms with Crippen molar-refractivity contribution in [1.29, 1.82) is 0 Å². The summed E-state index contributed by atoms with van der Waals surface area (Å²) in [5.41, 5.74) is -4.73. The van der Waals surface area contributed by atoms with Gasteiger partial charge in [-0.1, -0.05) is 19.1 Å². The third kappa shape index (κ3) is 3.88. The molecule has 0 radical (unpaired) electrons. The first-order chi connectivity index (χ1) is 8.26. The van der Waals surface area contributed by atoms with Crippen molar-refractivity contribution in [3.63, 3.8) is 0 Å². The maximum absolute atomic E-state index is 12.2. The highest BCUT2D eigenvalue weighted by Gasteiger charge is 2.45. The highest BCUT2D eigenvalue weighted by atomic mass is 32.2. The fourth-order valence-corrected chi connectivity index (χ4v) is 1.78. The van der Waals surface area contributed by atoms with E-state index in [2.05, 4.69) is 5.32 Å². The Labute approximate surface area is 103 Å². The number of halogens is 3. The highest BCUT2D eigenvalue weighted by Crippen LogP contribution is 2.25. The molecule has 0 heterocycles. The third-order valence-corrected chi connectivity index (χ3v) is 3.18. The number of hydrogen-bond donors (Lipinski definition) is 2. The Kier molecular flexibility index (Phi) is 4.58. The molecule has 0 saturated heterocycles. The Morgan fingerprint density at radius 3 is 2.50 bits per heavy atom. The van der Waals surface area contributed by atoms with E-state index in [9.17, 15) is 21.6 Å². The predicted octanol–water partition coefficient (Wildman–Crippen LogP) is 2.06. The van der Waals surface area contributed by atoms with Crippen molar-refractivity contribution in [3.8, 4) is 0 Å². The lowest BCUT2D eigenvalue weighted by Gasteiger charge is -2.11. The lowest BCUT2D eigenvalue weighted by atomic mass is 10.2. The fraction of sp³-hybridized carbons (Fsp3) is 0.400. The molecular formula is C10H13F3N2O2S. The quantitative estimate of drug-likeness (QED) is 0.869. The summed E-state index contributed by atoms with van der Waals surface area (Å²) in [6, 6.07) is 5.79. The van der Waals surface area contributed by atoms with Gasteiger partial charge in [0.25, 0.3) is 0 Å². The first-order valence-corrected chi connectivity index (χ1v) is 6.63. The van der Waals surface area contributed by atoms with E-state index < -0.39 is 15.5 Å².